The standard InChI is InChI=1S/C20H20ClN3O2/c1-3-13(2)18(24-19(25)15-6-8-16(21)9-7-15)20(26)23-17-10-4-14(12-22)5-11-17/h4-11,13,18H,3H2,1-2H3,(H,23,26)(H,24,25)/t13-,18-/m1/s1. The number of carbonyl (C=O) groups excluding carboxylic acids is 2. The van der Waals surface area contributed by atoms with Gasteiger partial charge in [-0.25, -0.2) is 0 Å². The first-order valence-electron chi connectivity index (χ1n) is 8.32. The van der Waals surface area contributed by atoms with Crippen LogP contribution < -0.4 is 10.6 Å². The van der Waals surface area contributed by atoms with Crippen molar-refractivity contribution in [2.45, 2.75) is 26.3 Å². The van der Waals surface area contributed by atoms with Gasteiger partial charge in [-0.3, -0.25) is 9.59 Å². The second-order valence-corrected chi connectivity index (χ2v) is 6.46. The largest absolute Gasteiger partial charge is 0.340 e. The van der Waals surface area contributed by atoms with Crippen molar-refractivity contribution in [1.82, 2.24) is 5.32 Å². The molecule has 0 saturated heterocycles. The van der Waals surface area contributed by atoms with Gasteiger partial charge in [-0.1, -0.05) is 31.9 Å². The van der Waals surface area contributed by atoms with Crippen LogP contribution in [-0.4, -0.2) is 17.9 Å². The summed E-state index contributed by atoms with van der Waals surface area (Å²) in [5.74, 6) is -0.682. The maximum Gasteiger partial charge on any atom is 0.251 e. The molecule has 0 saturated carbocycles. The molecular weight excluding hydrogens is 350 g/mol. The Kier molecular flexibility index (Phi) is 6.76. The molecule has 0 aliphatic heterocycles. The SMILES string of the molecule is CC[C@@H](C)[C@@H](NC(=O)c1ccc(Cl)cc1)C(=O)Nc1ccc(C#N)cc1. The zero-order chi connectivity index (χ0) is 19.1. The quantitative estimate of drug-likeness (QED) is 0.807. The minimum absolute atomic E-state index is 0.0513. The van der Waals surface area contributed by atoms with E-state index >= 15 is 0 Å². The van der Waals surface area contributed by atoms with E-state index in [2.05, 4.69) is 10.6 Å². The molecule has 0 heterocycles. The van der Waals surface area contributed by atoms with Crippen LogP contribution in [0.4, 0.5) is 5.69 Å². The van der Waals surface area contributed by atoms with Crippen molar-refractivity contribution in [2.24, 2.45) is 5.92 Å². The minimum Gasteiger partial charge on any atom is -0.340 e. The highest BCUT2D eigenvalue weighted by atomic mass is 35.5. The number of anilines is 1. The smallest absolute Gasteiger partial charge is 0.251 e. The molecular formula is C20H20ClN3O2. The molecule has 2 aromatic rings. The Balaban J connectivity index is 2.12. The molecule has 6 heteroatoms. The summed E-state index contributed by atoms with van der Waals surface area (Å²) in [6.45, 7) is 3.87. The lowest BCUT2D eigenvalue weighted by atomic mass is 9.97. The zero-order valence-corrected chi connectivity index (χ0v) is 15.4. The molecule has 2 N–H and O–H groups in total. The summed E-state index contributed by atoms with van der Waals surface area (Å²) < 4.78 is 0. The number of carbonyl (C=O) groups is 2. The van der Waals surface area contributed by atoms with Crippen LogP contribution in [0.1, 0.15) is 36.2 Å². The molecule has 134 valence electrons. The molecule has 2 amide bonds. The number of hydrogen-bond acceptors (Lipinski definition) is 3. The van der Waals surface area contributed by atoms with Crippen molar-refractivity contribution >= 4 is 29.1 Å². The molecule has 0 radical (unpaired) electrons. The first kappa shape index (κ1) is 19.5. The van der Waals surface area contributed by atoms with E-state index in [1.807, 2.05) is 19.9 Å². The highest BCUT2D eigenvalue weighted by Crippen LogP contribution is 2.15. The summed E-state index contributed by atoms with van der Waals surface area (Å²) >= 11 is 5.84. The number of benzene rings is 2. The second-order valence-electron chi connectivity index (χ2n) is 6.02. The minimum atomic E-state index is -0.682. The number of amides is 2. The summed E-state index contributed by atoms with van der Waals surface area (Å²) in [6.07, 6.45) is 0.729. The molecule has 0 aliphatic carbocycles. The fourth-order valence-electron chi connectivity index (χ4n) is 2.38. The van der Waals surface area contributed by atoms with Gasteiger partial charge in [0, 0.05) is 16.3 Å². The lowest BCUT2D eigenvalue weighted by Crippen LogP contribution is -2.47. The van der Waals surface area contributed by atoms with Crippen LogP contribution >= 0.6 is 11.6 Å². The van der Waals surface area contributed by atoms with Crippen LogP contribution in [0.2, 0.25) is 5.02 Å². The van der Waals surface area contributed by atoms with Gasteiger partial charge in [0.2, 0.25) is 5.91 Å². The van der Waals surface area contributed by atoms with Gasteiger partial charge in [0.1, 0.15) is 6.04 Å². The topological polar surface area (TPSA) is 82.0 Å². The van der Waals surface area contributed by atoms with E-state index in [4.69, 9.17) is 16.9 Å². The van der Waals surface area contributed by atoms with Crippen LogP contribution in [0, 0.1) is 17.2 Å². The Morgan fingerprint density at radius 1 is 1.12 bits per heavy atom. The Morgan fingerprint density at radius 2 is 1.73 bits per heavy atom. The van der Waals surface area contributed by atoms with Crippen LogP contribution in [0.5, 0.6) is 0 Å². The van der Waals surface area contributed by atoms with Crippen LogP contribution in [0.25, 0.3) is 0 Å². The molecule has 0 aromatic heterocycles. The van der Waals surface area contributed by atoms with E-state index in [9.17, 15) is 9.59 Å². The normalized spacial score (nSPS) is 12.5. The van der Waals surface area contributed by atoms with Gasteiger partial charge in [0.15, 0.2) is 0 Å². The van der Waals surface area contributed by atoms with Crippen molar-refractivity contribution in [1.29, 1.82) is 5.26 Å². The molecule has 0 fully saturated rings. The monoisotopic (exact) mass is 369 g/mol. The predicted octanol–water partition coefficient (Wildman–Crippen LogP) is 3.99. The molecule has 0 bridgehead atoms. The lowest BCUT2D eigenvalue weighted by molar-refractivity contribution is -0.119. The lowest BCUT2D eigenvalue weighted by Gasteiger charge is -2.23. The van der Waals surface area contributed by atoms with Crippen molar-refractivity contribution in [3.63, 3.8) is 0 Å². The number of rotatable bonds is 6. The van der Waals surface area contributed by atoms with Crippen LogP contribution in [0.3, 0.4) is 0 Å². The molecule has 2 aromatic carbocycles. The van der Waals surface area contributed by atoms with Gasteiger partial charge in [0.25, 0.3) is 5.91 Å². The molecule has 0 aliphatic rings. The molecule has 2 atom stereocenters. The third-order valence-corrected chi connectivity index (χ3v) is 4.42. The number of nitriles is 1. The van der Waals surface area contributed by atoms with Gasteiger partial charge in [-0.15, -0.1) is 0 Å². The fraction of sp³-hybridized carbons (Fsp3) is 0.250. The summed E-state index contributed by atoms with van der Waals surface area (Å²) in [6, 6.07) is 14.4. The number of nitrogens with one attached hydrogen (secondary N) is 2. The average Bonchev–Trinajstić information content (AvgIpc) is 2.66. The summed E-state index contributed by atoms with van der Waals surface area (Å²) in [5, 5.41) is 15.0. The Bertz CT molecular complexity index is 810. The van der Waals surface area contributed by atoms with E-state index in [1.54, 1.807) is 48.5 Å². The molecule has 5 nitrogen and oxygen atoms in total. The number of nitrogens with zero attached hydrogens (tertiary/aromatic N) is 1. The van der Waals surface area contributed by atoms with E-state index in [0.717, 1.165) is 6.42 Å². The third-order valence-electron chi connectivity index (χ3n) is 4.17. The van der Waals surface area contributed by atoms with Crippen LogP contribution in [0.15, 0.2) is 48.5 Å². The zero-order valence-electron chi connectivity index (χ0n) is 14.6. The van der Waals surface area contributed by atoms with Gasteiger partial charge in [-0.05, 0) is 54.4 Å². The van der Waals surface area contributed by atoms with E-state index < -0.39 is 6.04 Å². The van der Waals surface area contributed by atoms with Gasteiger partial charge < -0.3 is 10.6 Å². The van der Waals surface area contributed by atoms with E-state index in [0.29, 0.717) is 21.8 Å². The maximum absolute atomic E-state index is 12.7. The Morgan fingerprint density at radius 3 is 2.27 bits per heavy atom. The molecule has 0 unspecified atom stereocenters. The fourth-order valence-corrected chi connectivity index (χ4v) is 2.50. The van der Waals surface area contributed by atoms with E-state index in [-0.39, 0.29) is 17.7 Å². The number of hydrogen-bond donors (Lipinski definition) is 2. The molecule has 26 heavy (non-hydrogen) atoms. The summed E-state index contributed by atoms with van der Waals surface area (Å²) in [4.78, 5) is 25.1. The predicted molar refractivity (Wildman–Crippen MR) is 102 cm³/mol. The third kappa shape index (κ3) is 5.08. The molecule has 2 rings (SSSR count). The van der Waals surface area contributed by atoms with E-state index in [1.165, 1.54) is 0 Å². The maximum atomic E-state index is 12.7. The summed E-state index contributed by atoms with van der Waals surface area (Å²) in [5.41, 5.74) is 1.52. The highest BCUT2D eigenvalue weighted by Gasteiger charge is 2.26. The van der Waals surface area contributed by atoms with Gasteiger partial charge >= 0.3 is 0 Å². The van der Waals surface area contributed by atoms with Crippen LogP contribution in [-0.2, 0) is 4.79 Å². The number of halogens is 1. The van der Waals surface area contributed by atoms with Crippen molar-refractivity contribution in [3.05, 3.63) is 64.7 Å². The van der Waals surface area contributed by atoms with Crippen molar-refractivity contribution < 1.29 is 9.59 Å². The first-order chi connectivity index (χ1) is 12.4. The Hall–Kier alpha value is -2.84. The van der Waals surface area contributed by atoms with Crippen molar-refractivity contribution in [2.75, 3.05) is 5.32 Å². The summed E-state index contributed by atoms with van der Waals surface area (Å²) in [7, 11) is 0. The Labute approximate surface area is 158 Å². The highest BCUT2D eigenvalue weighted by molar-refractivity contribution is 6.30. The van der Waals surface area contributed by atoms with Gasteiger partial charge in [-0.2, -0.15) is 5.26 Å². The second kappa shape index (κ2) is 9.02. The average molecular weight is 370 g/mol. The van der Waals surface area contributed by atoms with Crippen molar-refractivity contribution in [3.8, 4) is 6.07 Å². The molecule has 0 spiro atoms. The first-order valence-corrected chi connectivity index (χ1v) is 8.69. The van der Waals surface area contributed by atoms with Gasteiger partial charge in [0.05, 0.1) is 11.6 Å².